The van der Waals surface area contributed by atoms with Crippen LogP contribution in [0.1, 0.15) is 86.7 Å². The zero-order valence-corrected chi connectivity index (χ0v) is 28.9. The minimum Gasteiger partial charge on any atom is -0.490 e. The molecule has 256 valence electrons. The molecular formula is C37H51N3O6S. The Balaban J connectivity index is 1.31. The van der Waals surface area contributed by atoms with E-state index in [4.69, 9.17) is 14.2 Å². The number of sulfonamides is 1. The number of fused-ring (bicyclic) bond motifs is 4. The number of aryl methyl sites for hydroxylation is 1. The van der Waals surface area contributed by atoms with Crippen LogP contribution in [-0.2, 0) is 31.3 Å². The topological polar surface area (TPSA) is 106 Å². The predicted octanol–water partition coefficient (Wildman–Crippen LogP) is 5.18. The van der Waals surface area contributed by atoms with Crippen molar-refractivity contribution in [3.63, 3.8) is 0 Å². The van der Waals surface area contributed by atoms with Crippen LogP contribution in [0.15, 0.2) is 42.5 Å². The summed E-state index contributed by atoms with van der Waals surface area (Å²) >= 11 is 0. The Morgan fingerprint density at radius 1 is 0.957 bits per heavy atom. The van der Waals surface area contributed by atoms with E-state index in [1.165, 1.54) is 11.1 Å². The third kappa shape index (κ3) is 6.31. The molecule has 1 spiro atoms. The molecule has 9 nitrogen and oxygen atoms in total. The van der Waals surface area contributed by atoms with E-state index in [0.29, 0.717) is 43.6 Å². The molecule has 1 saturated heterocycles. The van der Waals surface area contributed by atoms with E-state index in [1.54, 1.807) is 6.07 Å². The average molecular weight is 666 g/mol. The van der Waals surface area contributed by atoms with Crippen molar-refractivity contribution < 1.29 is 27.4 Å². The Labute approximate surface area is 280 Å². The van der Waals surface area contributed by atoms with Crippen molar-refractivity contribution in [3.8, 4) is 5.75 Å². The van der Waals surface area contributed by atoms with Crippen LogP contribution in [0.2, 0.25) is 0 Å². The van der Waals surface area contributed by atoms with Crippen LogP contribution < -0.4 is 19.7 Å². The summed E-state index contributed by atoms with van der Waals surface area (Å²) in [6, 6.07) is 14.4. The van der Waals surface area contributed by atoms with Crippen molar-refractivity contribution in [2.24, 2.45) is 17.8 Å². The molecular weight excluding hydrogens is 614 g/mol. The number of anilines is 1. The van der Waals surface area contributed by atoms with Gasteiger partial charge in [0.1, 0.15) is 5.75 Å². The number of hydrogen-bond donors (Lipinski definition) is 2. The molecule has 5 aliphatic rings. The summed E-state index contributed by atoms with van der Waals surface area (Å²) in [6.45, 7) is 7.27. The molecule has 2 aliphatic carbocycles. The van der Waals surface area contributed by atoms with E-state index < -0.39 is 15.9 Å². The zero-order valence-electron chi connectivity index (χ0n) is 28.1. The van der Waals surface area contributed by atoms with Gasteiger partial charge in [-0.3, -0.25) is 4.79 Å². The third-order valence-electron chi connectivity index (χ3n) is 12.0. The van der Waals surface area contributed by atoms with Gasteiger partial charge >= 0.3 is 0 Å². The maximum atomic E-state index is 13.4. The Hall–Kier alpha value is -2.66. The highest BCUT2D eigenvalue weighted by Gasteiger charge is 2.53. The van der Waals surface area contributed by atoms with Crippen LogP contribution in [0.3, 0.4) is 0 Å². The molecule has 3 heterocycles. The van der Waals surface area contributed by atoms with Gasteiger partial charge in [0.15, 0.2) is 6.29 Å². The number of ether oxygens (including phenoxy) is 3. The molecule has 2 aromatic carbocycles. The molecule has 7 rings (SSSR count). The van der Waals surface area contributed by atoms with Crippen molar-refractivity contribution in [2.75, 3.05) is 44.1 Å². The van der Waals surface area contributed by atoms with Gasteiger partial charge in [0.05, 0.1) is 37.3 Å². The molecule has 4 unspecified atom stereocenters. The average Bonchev–Trinajstić information content (AvgIpc) is 3.20. The minimum atomic E-state index is -3.78. The number of carbonyl (C=O) groups excluding carboxylic acids is 1. The van der Waals surface area contributed by atoms with Gasteiger partial charge in [-0.15, -0.1) is 0 Å². The molecule has 47 heavy (non-hydrogen) atoms. The Morgan fingerprint density at radius 2 is 1.77 bits per heavy atom. The first-order valence-electron chi connectivity index (χ1n) is 17.7. The van der Waals surface area contributed by atoms with E-state index in [-0.39, 0.29) is 35.0 Å². The standard InChI is InChI=1S/C37H51N3O6S/c1-36(2)31-16-15-28(31)29(35-44-21-27(38-3)22-45-35)12-5-4-8-19-47(42,43)39-34(41)26-14-17-33-32(20-26)40(36)23-37(24-46-33)18-9-11-25-10-6-7-13-30(25)37/h6-7,10,13-14,17,20,27-29,31,35,38H,4-5,8-9,11-12,15-16,18-19,21-24H2,1-3H3,(H,39,41)/t27-,28?,29?,31?,35-,37?. The second-order valence-corrected chi connectivity index (χ2v) is 17.0. The minimum absolute atomic E-state index is 0.0785. The van der Waals surface area contributed by atoms with Crippen LogP contribution in [-0.4, -0.2) is 71.4 Å². The highest BCUT2D eigenvalue weighted by molar-refractivity contribution is 7.90. The van der Waals surface area contributed by atoms with E-state index in [9.17, 15) is 13.2 Å². The first kappa shape index (κ1) is 32.9. The lowest BCUT2D eigenvalue weighted by Crippen LogP contribution is -2.61. The smallest absolute Gasteiger partial charge is 0.264 e. The van der Waals surface area contributed by atoms with E-state index in [1.807, 2.05) is 19.2 Å². The van der Waals surface area contributed by atoms with Gasteiger partial charge in [0.25, 0.3) is 5.91 Å². The summed E-state index contributed by atoms with van der Waals surface area (Å²) in [7, 11) is -1.84. The zero-order chi connectivity index (χ0) is 32.8. The maximum Gasteiger partial charge on any atom is 0.264 e. The first-order chi connectivity index (χ1) is 22.6. The fraction of sp³-hybridized carbons (Fsp3) is 0.649. The lowest BCUT2D eigenvalue weighted by Gasteiger charge is -2.57. The summed E-state index contributed by atoms with van der Waals surface area (Å²) in [5.74, 6) is 1.05. The number of nitrogens with one attached hydrogen (secondary N) is 2. The predicted molar refractivity (Wildman–Crippen MR) is 182 cm³/mol. The molecule has 1 amide bonds. The summed E-state index contributed by atoms with van der Waals surface area (Å²) in [4.78, 5) is 15.9. The Morgan fingerprint density at radius 3 is 2.53 bits per heavy atom. The van der Waals surface area contributed by atoms with Crippen LogP contribution in [0.5, 0.6) is 5.75 Å². The maximum absolute atomic E-state index is 13.4. The van der Waals surface area contributed by atoms with Crippen molar-refractivity contribution in [1.29, 1.82) is 0 Å². The lowest BCUT2D eigenvalue weighted by molar-refractivity contribution is -0.234. The number of likely N-dealkylation sites (N-methyl/N-ethyl adjacent to an activating group) is 1. The number of rotatable bonds is 2. The second-order valence-electron chi connectivity index (χ2n) is 15.1. The van der Waals surface area contributed by atoms with Gasteiger partial charge in [-0.2, -0.15) is 0 Å². The highest BCUT2D eigenvalue weighted by Crippen LogP contribution is 2.54. The summed E-state index contributed by atoms with van der Waals surface area (Å²) in [5.41, 5.74) is 3.42. The highest BCUT2D eigenvalue weighted by atomic mass is 32.2. The van der Waals surface area contributed by atoms with Crippen molar-refractivity contribution >= 4 is 21.6 Å². The molecule has 2 N–H and O–H groups in total. The molecule has 2 fully saturated rings. The number of benzene rings is 2. The number of nitrogens with zero attached hydrogens (tertiary/aromatic N) is 1. The van der Waals surface area contributed by atoms with Crippen molar-refractivity contribution in [2.45, 2.75) is 94.9 Å². The fourth-order valence-electron chi connectivity index (χ4n) is 9.18. The monoisotopic (exact) mass is 665 g/mol. The quantitative estimate of drug-likeness (QED) is 0.453. The van der Waals surface area contributed by atoms with E-state index in [0.717, 1.165) is 69.3 Å². The van der Waals surface area contributed by atoms with Gasteiger partial charge in [-0.1, -0.05) is 37.1 Å². The fourth-order valence-corrected chi connectivity index (χ4v) is 10.3. The van der Waals surface area contributed by atoms with Crippen molar-refractivity contribution in [3.05, 3.63) is 59.2 Å². The van der Waals surface area contributed by atoms with E-state index in [2.05, 4.69) is 53.1 Å². The largest absolute Gasteiger partial charge is 0.490 e. The normalized spacial score (nSPS) is 33.7. The lowest BCUT2D eigenvalue weighted by atomic mass is 9.58. The molecule has 3 aliphatic heterocycles. The number of hydrogen-bond acceptors (Lipinski definition) is 8. The van der Waals surface area contributed by atoms with Gasteiger partial charge in [-0.05, 0) is 107 Å². The van der Waals surface area contributed by atoms with Crippen molar-refractivity contribution in [1.82, 2.24) is 10.0 Å². The van der Waals surface area contributed by atoms with E-state index >= 15 is 0 Å². The molecule has 2 bridgehead atoms. The molecule has 0 aromatic heterocycles. The van der Waals surface area contributed by atoms with Gasteiger partial charge < -0.3 is 24.4 Å². The third-order valence-corrected chi connectivity index (χ3v) is 13.4. The Bertz CT molecular complexity index is 1570. The Kier molecular flexibility index (Phi) is 9.08. The van der Waals surface area contributed by atoms with Crippen LogP contribution >= 0.6 is 0 Å². The van der Waals surface area contributed by atoms with Gasteiger partial charge in [0, 0.05) is 29.0 Å². The summed E-state index contributed by atoms with van der Waals surface area (Å²) in [6.07, 6.45) is 8.19. The SMILES string of the molecule is CN[C@H]1CO[C@H](C2CCCCCS(=O)(=O)NC(=O)c3ccc4c(c3)N(CC3(CCCc5ccccc53)CO4)C(C)(C)C3CCC32)OC1. The number of carbonyl (C=O) groups is 1. The van der Waals surface area contributed by atoms with Crippen LogP contribution in [0.4, 0.5) is 5.69 Å². The van der Waals surface area contributed by atoms with Crippen LogP contribution in [0, 0.1) is 17.8 Å². The first-order valence-corrected chi connectivity index (χ1v) is 19.3. The van der Waals surface area contributed by atoms with Crippen LogP contribution in [0.25, 0.3) is 0 Å². The summed E-state index contributed by atoms with van der Waals surface area (Å²) in [5, 5.41) is 3.28. The molecule has 4 atom stereocenters. The second kappa shape index (κ2) is 13.0. The van der Waals surface area contributed by atoms with Gasteiger partial charge in [-0.25, -0.2) is 13.1 Å². The molecule has 0 radical (unpaired) electrons. The number of amides is 1. The molecule has 10 heteroatoms. The summed E-state index contributed by atoms with van der Waals surface area (Å²) < 4.78 is 47.9. The van der Waals surface area contributed by atoms with Gasteiger partial charge in [0.2, 0.25) is 10.0 Å². The molecule has 2 aromatic rings. The molecule has 1 saturated carbocycles.